The van der Waals surface area contributed by atoms with Gasteiger partial charge in [0.05, 0.1) is 24.8 Å². The highest BCUT2D eigenvalue weighted by atomic mass is 35.5. The van der Waals surface area contributed by atoms with E-state index in [9.17, 15) is 4.79 Å². The highest BCUT2D eigenvalue weighted by Gasteiger charge is 2.15. The first-order chi connectivity index (χ1) is 14.1. The molecule has 1 heterocycles. The van der Waals surface area contributed by atoms with Crippen molar-refractivity contribution >= 4 is 17.6 Å². The van der Waals surface area contributed by atoms with E-state index in [-0.39, 0.29) is 5.97 Å². The third-order valence-electron chi connectivity index (χ3n) is 5.33. The van der Waals surface area contributed by atoms with Gasteiger partial charge < -0.3 is 14.4 Å². The van der Waals surface area contributed by atoms with Crippen molar-refractivity contribution < 1.29 is 14.3 Å². The molecular weight excluding hydrogens is 388 g/mol. The third kappa shape index (κ3) is 6.20. The van der Waals surface area contributed by atoms with Crippen LogP contribution in [0.2, 0.25) is 5.02 Å². The zero-order valence-corrected chi connectivity index (χ0v) is 18.0. The van der Waals surface area contributed by atoms with E-state index >= 15 is 0 Å². The van der Waals surface area contributed by atoms with Gasteiger partial charge in [-0.3, -0.25) is 4.90 Å². The zero-order chi connectivity index (χ0) is 20.6. The van der Waals surface area contributed by atoms with Crippen molar-refractivity contribution in [1.29, 1.82) is 0 Å². The lowest BCUT2D eigenvalue weighted by Crippen LogP contribution is -2.33. The molecule has 1 saturated heterocycles. The Hall–Kier alpha value is -2.08. The number of esters is 1. The molecule has 1 fully saturated rings. The van der Waals surface area contributed by atoms with Gasteiger partial charge in [-0.25, -0.2) is 4.79 Å². The Morgan fingerprint density at radius 1 is 1.03 bits per heavy atom. The summed E-state index contributed by atoms with van der Waals surface area (Å²) in [7, 11) is 3.03. The third-order valence-corrected chi connectivity index (χ3v) is 5.63. The number of methoxy groups -OCH3 is 2. The van der Waals surface area contributed by atoms with Crippen molar-refractivity contribution in [2.45, 2.75) is 25.9 Å². The van der Waals surface area contributed by atoms with Crippen LogP contribution in [0.15, 0.2) is 42.5 Å². The highest BCUT2D eigenvalue weighted by Crippen LogP contribution is 2.26. The Labute approximate surface area is 178 Å². The number of carbonyl (C=O) groups is 1. The quantitative estimate of drug-likeness (QED) is 0.572. The smallest absolute Gasteiger partial charge is 0.337 e. The molecule has 2 aromatic carbocycles. The zero-order valence-electron chi connectivity index (χ0n) is 17.2. The summed E-state index contributed by atoms with van der Waals surface area (Å²) in [6, 6.07) is 13.6. The standard InChI is InChI=1S/C23H29ClN2O3/c1-28-22-10-7-19(15-21(22)24)17-26(14-13-25-11-3-4-12-25)16-18-5-8-20(9-6-18)23(27)29-2/h5-10,15H,3-4,11-14,16-17H2,1-2H3. The molecule has 1 aliphatic rings. The van der Waals surface area contributed by atoms with E-state index in [1.165, 1.54) is 38.6 Å². The first kappa shape index (κ1) is 21.6. The monoisotopic (exact) mass is 416 g/mol. The Morgan fingerprint density at radius 2 is 1.69 bits per heavy atom. The van der Waals surface area contributed by atoms with Crippen molar-refractivity contribution in [2.75, 3.05) is 40.4 Å². The van der Waals surface area contributed by atoms with Gasteiger partial charge in [-0.2, -0.15) is 0 Å². The summed E-state index contributed by atoms with van der Waals surface area (Å²) in [6.45, 7) is 6.02. The molecule has 3 rings (SSSR count). The van der Waals surface area contributed by atoms with Crippen LogP contribution in [0.1, 0.15) is 34.3 Å². The molecule has 156 valence electrons. The molecule has 0 unspecified atom stereocenters. The Morgan fingerprint density at radius 3 is 2.31 bits per heavy atom. The summed E-state index contributed by atoms with van der Waals surface area (Å²) < 4.78 is 10.0. The van der Waals surface area contributed by atoms with Crippen molar-refractivity contribution in [3.8, 4) is 5.75 Å². The van der Waals surface area contributed by atoms with E-state index in [2.05, 4.69) is 15.9 Å². The number of nitrogens with zero attached hydrogens (tertiary/aromatic N) is 2. The van der Waals surface area contributed by atoms with E-state index in [0.29, 0.717) is 16.3 Å². The van der Waals surface area contributed by atoms with Crippen LogP contribution < -0.4 is 4.74 Å². The molecule has 6 heteroatoms. The second kappa shape index (κ2) is 10.6. The van der Waals surface area contributed by atoms with Gasteiger partial charge in [0, 0.05) is 26.2 Å². The van der Waals surface area contributed by atoms with E-state index in [1.807, 2.05) is 36.4 Å². The van der Waals surface area contributed by atoms with Crippen LogP contribution in [0.25, 0.3) is 0 Å². The molecule has 0 amide bonds. The van der Waals surface area contributed by atoms with Gasteiger partial charge in [-0.05, 0) is 61.3 Å². The first-order valence-corrected chi connectivity index (χ1v) is 10.4. The fourth-order valence-electron chi connectivity index (χ4n) is 3.69. The average molecular weight is 417 g/mol. The molecule has 0 bridgehead atoms. The molecule has 5 nitrogen and oxygen atoms in total. The largest absolute Gasteiger partial charge is 0.495 e. The summed E-state index contributed by atoms with van der Waals surface area (Å²) in [5, 5.41) is 0.631. The first-order valence-electron chi connectivity index (χ1n) is 10.0. The van der Waals surface area contributed by atoms with Crippen molar-refractivity contribution in [1.82, 2.24) is 9.80 Å². The molecule has 29 heavy (non-hydrogen) atoms. The average Bonchev–Trinajstić information content (AvgIpc) is 3.26. The van der Waals surface area contributed by atoms with E-state index < -0.39 is 0 Å². The summed E-state index contributed by atoms with van der Waals surface area (Å²) in [5.41, 5.74) is 2.89. The fourth-order valence-corrected chi connectivity index (χ4v) is 3.97. The van der Waals surface area contributed by atoms with E-state index in [1.54, 1.807) is 7.11 Å². The van der Waals surface area contributed by atoms with Crippen molar-refractivity contribution in [2.24, 2.45) is 0 Å². The van der Waals surface area contributed by atoms with Gasteiger partial charge in [0.1, 0.15) is 5.75 Å². The van der Waals surface area contributed by atoms with Crippen LogP contribution >= 0.6 is 11.6 Å². The molecular formula is C23H29ClN2O3. The number of ether oxygens (including phenoxy) is 2. The van der Waals surface area contributed by atoms with Crippen molar-refractivity contribution in [3.63, 3.8) is 0 Å². The lowest BCUT2D eigenvalue weighted by Gasteiger charge is -2.26. The fraction of sp³-hybridized carbons (Fsp3) is 0.435. The predicted molar refractivity (Wildman–Crippen MR) is 116 cm³/mol. The molecule has 0 spiro atoms. The minimum absolute atomic E-state index is 0.310. The van der Waals surface area contributed by atoms with Gasteiger partial charge in [0.2, 0.25) is 0 Å². The van der Waals surface area contributed by atoms with Crippen LogP contribution in [0, 0.1) is 0 Å². The van der Waals surface area contributed by atoms with Crippen LogP contribution in [0.3, 0.4) is 0 Å². The normalized spacial score (nSPS) is 14.3. The number of rotatable bonds is 9. The van der Waals surface area contributed by atoms with Gasteiger partial charge in [0.25, 0.3) is 0 Å². The molecule has 0 aliphatic carbocycles. The highest BCUT2D eigenvalue weighted by molar-refractivity contribution is 6.32. The molecule has 0 atom stereocenters. The molecule has 0 saturated carbocycles. The Balaban J connectivity index is 1.69. The minimum atomic E-state index is -0.310. The maximum absolute atomic E-state index is 11.7. The SMILES string of the molecule is COC(=O)c1ccc(CN(CCN2CCCC2)Cc2ccc(OC)c(Cl)c2)cc1. The maximum atomic E-state index is 11.7. The molecule has 1 aliphatic heterocycles. The summed E-state index contributed by atoms with van der Waals surface area (Å²) in [4.78, 5) is 16.6. The van der Waals surface area contributed by atoms with E-state index in [0.717, 1.165) is 31.7 Å². The van der Waals surface area contributed by atoms with E-state index in [4.69, 9.17) is 21.1 Å². The summed E-state index contributed by atoms with van der Waals surface area (Å²) in [5.74, 6) is 0.382. The Bertz CT molecular complexity index is 804. The Kier molecular flexibility index (Phi) is 7.92. The van der Waals surface area contributed by atoms with Crippen LogP contribution in [0.5, 0.6) is 5.75 Å². The van der Waals surface area contributed by atoms with Gasteiger partial charge in [0.15, 0.2) is 0 Å². The van der Waals surface area contributed by atoms with Gasteiger partial charge in [-0.1, -0.05) is 29.8 Å². The van der Waals surface area contributed by atoms with Crippen molar-refractivity contribution in [3.05, 3.63) is 64.2 Å². The molecule has 0 radical (unpaired) electrons. The van der Waals surface area contributed by atoms with Gasteiger partial charge >= 0.3 is 5.97 Å². The number of hydrogen-bond donors (Lipinski definition) is 0. The maximum Gasteiger partial charge on any atom is 0.337 e. The number of benzene rings is 2. The lowest BCUT2D eigenvalue weighted by atomic mass is 10.1. The minimum Gasteiger partial charge on any atom is -0.495 e. The van der Waals surface area contributed by atoms with Crippen LogP contribution in [0.4, 0.5) is 0 Å². The van der Waals surface area contributed by atoms with Crippen LogP contribution in [-0.2, 0) is 17.8 Å². The molecule has 0 aromatic heterocycles. The summed E-state index contributed by atoms with van der Waals surface area (Å²) in [6.07, 6.45) is 2.59. The predicted octanol–water partition coefficient (Wildman–Crippen LogP) is 4.23. The summed E-state index contributed by atoms with van der Waals surface area (Å²) >= 11 is 6.32. The number of halogens is 1. The lowest BCUT2D eigenvalue weighted by molar-refractivity contribution is 0.0600. The van der Waals surface area contributed by atoms with Gasteiger partial charge in [-0.15, -0.1) is 0 Å². The number of hydrogen-bond acceptors (Lipinski definition) is 5. The van der Waals surface area contributed by atoms with Crippen LogP contribution in [-0.4, -0.2) is 56.2 Å². The number of carbonyl (C=O) groups excluding carboxylic acids is 1. The molecule has 0 N–H and O–H groups in total. The number of likely N-dealkylation sites (tertiary alicyclic amines) is 1. The second-order valence-electron chi connectivity index (χ2n) is 7.42. The molecule has 2 aromatic rings. The second-order valence-corrected chi connectivity index (χ2v) is 7.82. The topological polar surface area (TPSA) is 42.0 Å².